The van der Waals surface area contributed by atoms with E-state index < -0.39 is 0 Å². The van der Waals surface area contributed by atoms with Gasteiger partial charge in [0.1, 0.15) is 11.6 Å². The van der Waals surface area contributed by atoms with E-state index in [-0.39, 0.29) is 30.5 Å². The molecule has 2 aromatic carbocycles. The largest absolute Gasteiger partial charge is 0.356 e. The summed E-state index contributed by atoms with van der Waals surface area (Å²) in [5.74, 6) is 1.40. The normalized spacial score (nSPS) is 18.1. The number of anilines is 3. The van der Waals surface area contributed by atoms with Crippen LogP contribution in [-0.2, 0) is 9.59 Å². The molecule has 0 saturated carbocycles. The van der Waals surface area contributed by atoms with E-state index in [4.69, 9.17) is 4.98 Å². The summed E-state index contributed by atoms with van der Waals surface area (Å²) in [7, 11) is 0. The molecule has 1 aromatic heterocycles. The van der Waals surface area contributed by atoms with Crippen molar-refractivity contribution in [1.29, 1.82) is 0 Å². The molecule has 0 radical (unpaired) electrons. The van der Waals surface area contributed by atoms with Gasteiger partial charge in [-0.15, -0.1) is 0 Å². The van der Waals surface area contributed by atoms with E-state index in [0.29, 0.717) is 23.2 Å². The zero-order valence-electron chi connectivity index (χ0n) is 19.9. The van der Waals surface area contributed by atoms with Gasteiger partial charge in [-0.3, -0.25) is 9.59 Å². The number of pyridine rings is 1. The molecular formula is C27H31FN4O2. The average Bonchev–Trinajstić information content (AvgIpc) is 2.79. The van der Waals surface area contributed by atoms with Crippen molar-refractivity contribution in [3.8, 4) is 0 Å². The molecule has 178 valence electrons. The monoisotopic (exact) mass is 462 g/mol. The Morgan fingerprint density at radius 2 is 1.53 bits per heavy atom. The highest BCUT2D eigenvalue weighted by molar-refractivity contribution is 5.98. The van der Waals surface area contributed by atoms with Crippen LogP contribution >= 0.6 is 0 Å². The third-order valence-electron chi connectivity index (χ3n) is 6.19. The molecule has 3 aromatic rings. The lowest BCUT2D eigenvalue weighted by Crippen LogP contribution is -2.39. The molecular weight excluding hydrogens is 431 g/mol. The number of aryl methyl sites for hydroxylation is 1. The number of rotatable bonds is 6. The van der Waals surface area contributed by atoms with Crippen LogP contribution in [0, 0.1) is 24.6 Å². The second-order valence-corrected chi connectivity index (χ2v) is 9.48. The van der Waals surface area contributed by atoms with Crippen molar-refractivity contribution >= 4 is 39.9 Å². The molecule has 1 aliphatic rings. The van der Waals surface area contributed by atoms with Crippen molar-refractivity contribution < 1.29 is 14.0 Å². The second-order valence-electron chi connectivity index (χ2n) is 9.48. The van der Waals surface area contributed by atoms with Crippen LogP contribution < -0.4 is 15.5 Å². The summed E-state index contributed by atoms with van der Waals surface area (Å²) in [6.45, 7) is 8.68. The van der Waals surface area contributed by atoms with Crippen molar-refractivity contribution in [3.05, 3.63) is 59.9 Å². The molecule has 34 heavy (non-hydrogen) atoms. The van der Waals surface area contributed by atoms with E-state index in [1.165, 1.54) is 30.7 Å². The topological polar surface area (TPSA) is 74.3 Å². The van der Waals surface area contributed by atoms with Crippen LogP contribution in [0.2, 0.25) is 0 Å². The highest BCUT2D eigenvalue weighted by Gasteiger charge is 2.23. The molecule has 0 aliphatic carbocycles. The van der Waals surface area contributed by atoms with Gasteiger partial charge in [-0.1, -0.05) is 13.8 Å². The van der Waals surface area contributed by atoms with Crippen LogP contribution in [0.4, 0.5) is 21.6 Å². The van der Waals surface area contributed by atoms with Crippen LogP contribution in [-0.4, -0.2) is 29.9 Å². The van der Waals surface area contributed by atoms with Gasteiger partial charge in [0.25, 0.3) is 0 Å². The number of hydrogen-bond donors (Lipinski definition) is 2. The Kier molecular flexibility index (Phi) is 7.10. The fourth-order valence-electron chi connectivity index (χ4n) is 4.67. The fourth-order valence-corrected chi connectivity index (χ4v) is 4.67. The first-order valence-corrected chi connectivity index (χ1v) is 11.8. The second kappa shape index (κ2) is 10.2. The van der Waals surface area contributed by atoms with Gasteiger partial charge in [0.05, 0.1) is 5.52 Å². The van der Waals surface area contributed by atoms with Gasteiger partial charge in [-0.2, -0.15) is 0 Å². The smallest absolute Gasteiger partial charge is 0.224 e. The van der Waals surface area contributed by atoms with E-state index in [9.17, 15) is 14.0 Å². The summed E-state index contributed by atoms with van der Waals surface area (Å²) in [5, 5.41) is 6.52. The Hall–Kier alpha value is -3.48. The SMILES string of the molecule is Cc1cc(N2CC(C)CC(C)C2)nc2ccc(NC(=O)CCC(=O)Nc3ccc(F)cc3)cc12. The van der Waals surface area contributed by atoms with Gasteiger partial charge in [0.15, 0.2) is 0 Å². The predicted octanol–water partition coefficient (Wildman–Crippen LogP) is 5.52. The fraction of sp³-hybridized carbons (Fsp3) is 0.370. The summed E-state index contributed by atoms with van der Waals surface area (Å²) < 4.78 is 13.0. The number of piperidine rings is 1. The standard InChI is InChI=1S/C27H31FN4O2/c1-17-12-18(2)16-32(15-17)25-13-19(3)23-14-22(8-9-24(23)31-25)30-27(34)11-10-26(33)29-21-6-4-20(28)5-7-21/h4-9,13-14,17-18H,10-12,15-16H2,1-3H3,(H,29,33)(H,30,34). The van der Waals surface area contributed by atoms with Gasteiger partial charge in [-0.25, -0.2) is 9.37 Å². The van der Waals surface area contributed by atoms with Gasteiger partial charge >= 0.3 is 0 Å². The van der Waals surface area contributed by atoms with Gasteiger partial charge in [0.2, 0.25) is 11.8 Å². The van der Waals surface area contributed by atoms with Crippen LogP contribution in [0.5, 0.6) is 0 Å². The molecule has 2 unspecified atom stereocenters. The van der Waals surface area contributed by atoms with E-state index in [0.717, 1.165) is 35.4 Å². The molecule has 6 nitrogen and oxygen atoms in total. The summed E-state index contributed by atoms with van der Waals surface area (Å²) in [4.78, 5) is 31.7. The Bertz CT molecular complexity index is 1190. The van der Waals surface area contributed by atoms with Crippen molar-refractivity contribution in [2.45, 2.75) is 40.0 Å². The van der Waals surface area contributed by atoms with Gasteiger partial charge in [0, 0.05) is 42.7 Å². The molecule has 0 bridgehead atoms. The quantitative estimate of drug-likeness (QED) is 0.506. The molecule has 1 fully saturated rings. The third kappa shape index (κ3) is 5.90. The number of benzene rings is 2. The minimum Gasteiger partial charge on any atom is -0.356 e. The van der Waals surface area contributed by atoms with Crippen molar-refractivity contribution in [2.24, 2.45) is 11.8 Å². The molecule has 1 aliphatic heterocycles. The van der Waals surface area contributed by atoms with Gasteiger partial charge < -0.3 is 15.5 Å². The van der Waals surface area contributed by atoms with Crippen LogP contribution in [0.25, 0.3) is 10.9 Å². The molecule has 4 rings (SSSR count). The number of halogens is 1. The number of hydrogen-bond acceptors (Lipinski definition) is 4. The number of nitrogens with zero attached hydrogens (tertiary/aromatic N) is 2. The highest BCUT2D eigenvalue weighted by Crippen LogP contribution is 2.29. The predicted molar refractivity (Wildman–Crippen MR) is 135 cm³/mol. The lowest BCUT2D eigenvalue weighted by atomic mass is 9.92. The number of amides is 2. The highest BCUT2D eigenvalue weighted by atomic mass is 19.1. The Morgan fingerprint density at radius 3 is 2.18 bits per heavy atom. The minimum absolute atomic E-state index is 0.0351. The lowest BCUT2D eigenvalue weighted by molar-refractivity contribution is -0.121. The summed E-state index contributed by atoms with van der Waals surface area (Å²) in [6, 6.07) is 13.3. The lowest BCUT2D eigenvalue weighted by Gasteiger charge is -2.36. The summed E-state index contributed by atoms with van der Waals surface area (Å²) in [5.41, 5.74) is 3.18. The molecule has 7 heteroatoms. The van der Waals surface area contributed by atoms with E-state index >= 15 is 0 Å². The summed E-state index contributed by atoms with van der Waals surface area (Å²) in [6.07, 6.45) is 1.33. The first kappa shape index (κ1) is 23.7. The summed E-state index contributed by atoms with van der Waals surface area (Å²) >= 11 is 0. The molecule has 0 spiro atoms. The number of aromatic nitrogens is 1. The first-order chi connectivity index (χ1) is 16.3. The maximum atomic E-state index is 13.0. The van der Waals surface area contributed by atoms with Crippen molar-refractivity contribution in [1.82, 2.24) is 4.98 Å². The Morgan fingerprint density at radius 1 is 0.941 bits per heavy atom. The zero-order valence-corrected chi connectivity index (χ0v) is 19.9. The van der Waals surface area contributed by atoms with E-state index in [2.05, 4.69) is 42.4 Å². The molecule has 2 N–H and O–H groups in total. The molecule has 2 atom stereocenters. The van der Waals surface area contributed by atoms with Crippen LogP contribution in [0.1, 0.15) is 38.7 Å². The van der Waals surface area contributed by atoms with E-state index in [1.807, 2.05) is 18.2 Å². The third-order valence-corrected chi connectivity index (χ3v) is 6.19. The Labute approximate surface area is 199 Å². The van der Waals surface area contributed by atoms with Crippen LogP contribution in [0.15, 0.2) is 48.5 Å². The average molecular weight is 463 g/mol. The number of carbonyl (C=O) groups excluding carboxylic acids is 2. The van der Waals surface area contributed by atoms with Gasteiger partial charge in [-0.05, 0) is 79.3 Å². The number of nitrogens with one attached hydrogen (secondary N) is 2. The first-order valence-electron chi connectivity index (χ1n) is 11.8. The molecule has 2 heterocycles. The number of carbonyl (C=O) groups is 2. The molecule has 1 saturated heterocycles. The maximum Gasteiger partial charge on any atom is 0.224 e. The van der Waals surface area contributed by atoms with Crippen molar-refractivity contribution in [3.63, 3.8) is 0 Å². The zero-order chi connectivity index (χ0) is 24.2. The van der Waals surface area contributed by atoms with Crippen molar-refractivity contribution in [2.75, 3.05) is 28.6 Å². The molecule has 2 amide bonds. The van der Waals surface area contributed by atoms with Crippen LogP contribution in [0.3, 0.4) is 0 Å². The maximum absolute atomic E-state index is 13.0. The Balaban J connectivity index is 1.37. The minimum atomic E-state index is -0.370. The van der Waals surface area contributed by atoms with E-state index in [1.54, 1.807) is 0 Å². The number of fused-ring (bicyclic) bond motifs is 1.